The number of aromatic nitrogens is 1. The van der Waals surface area contributed by atoms with E-state index in [1.54, 1.807) is 0 Å². The summed E-state index contributed by atoms with van der Waals surface area (Å²) in [5, 5.41) is 0. The van der Waals surface area contributed by atoms with Gasteiger partial charge in [-0.25, -0.2) is 4.98 Å². The maximum absolute atomic E-state index is 3.56. The number of H-pyrrole nitrogens is 1. The van der Waals surface area contributed by atoms with Gasteiger partial charge in [0.25, 0.3) is 0 Å². The van der Waals surface area contributed by atoms with Crippen molar-refractivity contribution in [3.05, 3.63) is 77.5 Å². The summed E-state index contributed by atoms with van der Waals surface area (Å²) in [4.78, 5) is 3.56. The maximum Gasteiger partial charge on any atom is 0.215 e. The van der Waals surface area contributed by atoms with Crippen molar-refractivity contribution >= 4 is 0 Å². The molecule has 0 spiro atoms. The van der Waals surface area contributed by atoms with Gasteiger partial charge in [-0.15, -0.1) is 0 Å². The van der Waals surface area contributed by atoms with Gasteiger partial charge < -0.3 is 0 Å². The Kier molecular flexibility index (Phi) is 2.46. The fourth-order valence-electron chi connectivity index (χ4n) is 3.15. The zero-order chi connectivity index (χ0) is 13.5. The lowest BCUT2D eigenvalue weighted by Gasteiger charge is -2.04. The van der Waals surface area contributed by atoms with Gasteiger partial charge in [-0.3, -0.25) is 0 Å². The van der Waals surface area contributed by atoms with E-state index in [0.29, 0.717) is 0 Å². The van der Waals surface area contributed by atoms with Crippen molar-refractivity contribution in [3.63, 3.8) is 0 Å². The standard InChI is InChI=1S/C19H15N/c1-13-11-17-16-10-6-5-9-15(16)12-18(17)19(20-13)14-7-3-2-4-8-14/h2-11H,12H2,1H3/p+1. The molecule has 0 aliphatic heterocycles. The lowest BCUT2D eigenvalue weighted by Crippen LogP contribution is -2.14. The third-order valence-electron chi connectivity index (χ3n) is 4.05. The number of aryl methyl sites for hydroxylation is 1. The van der Waals surface area contributed by atoms with Crippen LogP contribution in [0.3, 0.4) is 0 Å². The number of hydrogen-bond donors (Lipinski definition) is 0. The average Bonchev–Trinajstić information content (AvgIpc) is 2.86. The number of benzene rings is 2. The summed E-state index contributed by atoms with van der Waals surface area (Å²) in [5.74, 6) is 0. The van der Waals surface area contributed by atoms with Crippen molar-refractivity contribution in [2.24, 2.45) is 0 Å². The van der Waals surface area contributed by atoms with Crippen molar-refractivity contribution in [2.45, 2.75) is 13.3 Å². The molecule has 0 saturated heterocycles. The van der Waals surface area contributed by atoms with E-state index in [2.05, 4.69) is 72.6 Å². The van der Waals surface area contributed by atoms with Crippen LogP contribution in [0.4, 0.5) is 0 Å². The minimum Gasteiger partial charge on any atom is -0.208 e. The van der Waals surface area contributed by atoms with Gasteiger partial charge in [0, 0.05) is 30.5 Å². The molecule has 1 nitrogen and oxygen atoms in total. The van der Waals surface area contributed by atoms with E-state index >= 15 is 0 Å². The molecule has 4 rings (SSSR count). The van der Waals surface area contributed by atoms with E-state index in [1.807, 2.05) is 0 Å². The minimum absolute atomic E-state index is 1.02. The SMILES string of the molecule is Cc1cc2c(c(-c3ccccc3)[nH+]1)Cc1ccccc1-2. The smallest absolute Gasteiger partial charge is 0.208 e. The van der Waals surface area contributed by atoms with E-state index in [9.17, 15) is 0 Å². The summed E-state index contributed by atoms with van der Waals surface area (Å²) >= 11 is 0. The summed E-state index contributed by atoms with van der Waals surface area (Å²) in [6.07, 6.45) is 1.02. The van der Waals surface area contributed by atoms with Crippen LogP contribution < -0.4 is 4.98 Å². The Morgan fingerprint density at radius 3 is 2.45 bits per heavy atom. The summed E-state index contributed by atoms with van der Waals surface area (Å²) in [7, 11) is 0. The van der Waals surface area contributed by atoms with Gasteiger partial charge in [0.1, 0.15) is 0 Å². The van der Waals surface area contributed by atoms with Crippen molar-refractivity contribution in [1.29, 1.82) is 0 Å². The van der Waals surface area contributed by atoms with Gasteiger partial charge in [-0.2, -0.15) is 0 Å². The molecule has 0 radical (unpaired) electrons. The lowest BCUT2D eigenvalue weighted by atomic mass is 10.0. The molecule has 0 bridgehead atoms. The van der Waals surface area contributed by atoms with Crippen molar-refractivity contribution < 1.29 is 4.98 Å². The van der Waals surface area contributed by atoms with Gasteiger partial charge in [0.15, 0.2) is 5.69 Å². The Labute approximate surface area is 118 Å². The lowest BCUT2D eigenvalue weighted by molar-refractivity contribution is -0.374. The summed E-state index contributed by atoms with van der Waals surface area (Å²) in [5.41, 5.74) is 9.35. The number of rotatable bonds is 1. The third kappa shape index (κ3) is 1.67. The molecule has 0 saturated carbocycles. The number of fused-ring (bicyclic) bond motifs is 3. The highest BCUT2D eigenvalue weighted by Gasteiger charge is 2.26. The summed E-state index contributed by atoms with van der Waals surface area (Å²) < 4.78 is 0. The second-order valence-corrected chi connectivity index (χ2v) is 5.42. The molecule has 1 heterocycles. The zero-order valence-electron chi connectivity index (χ0n) is 11.5. The van der Waals surface area contributed by atoms with E-state index in [4.69, 9.17) is 0 Å². The van der Waals surface area contributed by atoms with Crippen molar-refractivity contribution in [1.82, 2.24) is 0 Å². The molecular weight excluding hydrogens is 242 g/mol. The van der Waals surface area contributed by atoms with Crippen LogP contribution in [-0.2, 0) is 6.42 Å². The molecule has 1 N–H and O–H groups in total. The van der Waals surface area contributed by atoms with Crippen LogP contribution in [0.15, 0.2) is 60.7 Å². The first kappa shape index (κ1) is 11.4. The summed E-state index contributed by atoms with van der Waals surface area (Å²) in [6.45, 7) is 2.13. The maximum atomic E-state index is 3.56. The first-order chi connectivity index (χ1) is 9.83. The summed E-state index contributed by atoms with van der Waals surface area (Å²) in [6, 6.07) is 21.6. The monoisotopic (exact) mass is 258 g/mol. The van der Waals surface area contributed by atoms with E-state index in [1.165, 1.54) is 39.2 Å². The van der Waals surface area contributed by atoms with E-state index < -0.39 is 0 Å². The Balaban J connectivity index is 1.99. The molecule has 1 aliphatic rings. The fraction of sp³-hybridized carbons (Fsp3) is 0.105. The highest BCUT2D eigenvalue weighted by atomic mass is 14.7. The highest BCUT2D eigenvalue weighted by molar-refractivity contribution is 5.81. The van der Waals surface area contributed by atoms with Gasteiger partial charge in [0.2, 0.25) is 5.69 Å². The number of hydrogen-bond acceptors (Lipinski definition) is 0. The topological polar surface area (TPSA) is 14.1 Å². The normalized spacial score (nSPS) is 12.1. The number of aromatic amines is 1. The van der Waals surface area contributed by atoms with Crippen LogP contribution in [-0.4, -0.2) is 0 Å². The average molecular weight is 258 g/mol. The molecule has 0 amide bonds. The molecular formula is C19H16N+. The second kappa shape index (κ2) is 4.31. The zero-order valence-corrected chi connectivity index (χ0v) is 11.5. The second-order valence-electron chi connectivity index (χ2n) is 5.42. The van der Waals surface area contributed by atoms with Crippen LogP contribution in [0.2, 0.25) is 0 Å². The predicted molar refractivity (Wildman–Crippen MR) is 81.4 cm³/mol. The van der Waals surface area contributed by atoms with E-state index in [-0.39, 0.29) is 0 Å². The molecule has 1 heteroatoms. The Morgan fingerprint density at radius 2 is 1.60 bits per heavy atom. The van der Waals surface area contributed by atoms with Crippen molar-refractivity contribution in [2.75, 3.05) is 0 Å². The van der Waals surface area contributed by atoms with Gasteiger partial charge in [0.05, 0.1) is 0 Å². The van der Waals surface area contributed by atoms with Crippen LogP contribution in [0.25, 0.3) is 22.4 Å². The highest BCUT2D eigenvalue weighted by Crippen LogP contribution is 2.39. The van der Waals surface area contributed by atoms with Gasteiger partial charge in [-0.05, 0) is 28.8 Å². The molecule has 1 aliphatic carbocycles. The van der Waals surface area contributed by atoms with Crippen LogP contribution in [0.1, 0.15) is 16.8 Å². The predicted octanol–water partition coefficient (Wildman–Crippen LogP) is 4.05. The Morgan fingerprint density at radius 1 is 0.850 bits per heavy atom. The molecule has 0 fully saturated rings. The molecule has 0 unspecified atom stereocenters. The van der Waals surface area contributed by atoms with E-state index in [0.717, 1.165) is 6.42 Å². The van der Waals surface area contributed by atoms with Crippen LogP contribution >= 0.6 is 0 Å². The Hall–Kier alpha value is -2.41. The van der Waals surface area contributed by atoms with Crippen molar-refractivity contribution in [3.8, 4) is 22.4 Å². The molecule has 0 atom stereocenters. The minimum atomic E-state index is 1.02. The first-order valence-electron chi connectivity index (χ1n) is 7.02. The molecule has 96 valence electrons. The Bertz CT molecular complexity index is 788. The molecule has 20 heavy (non-hydrogen) atoms. The van der Waals surface area contributed by atoms with Gasteiger partial charge in [-0.1, -0.05) is 42.5 Å². The molecule has 2 aromatic carbocycles. The van der Waals surface area contributed by atoms with Crippen LogP contribution in [0, 0.1) is 6.92 Å². The number of nitrogens with one attached hydrogen (secondary N) is 1. The third-order valence-corrected chi connectivity index (χ3v) is 4.05. The number of pyridine rings is 1. The molecule has 1 aromatic heterocycles. The largest absolute Gasteiger partial charge is 0.215 e. The first-order valence-corrected chi connectivity index (χ1v) is 7.02. The molecule has 3 aromatic rings. The fourth-order valence-corrected chi connectivity index (χ4v) is 3.15. The van der Waals surface area contributed by atoms with Crippen LogP contribution in [0.5, 0.6) is 0 Å². The van der Waals surface area contributed by atoms with Gasteiger partial charge >= 0.3 is 0 Å². The quantitative estimate of drug-likeness (QED) is 0.489.